The van der Waals surface area contributed by atoms with E-state index in [9.17, 15) is 14.7 Å². The minimum atomic E-state index is -1.36. The van der Waals surface area contributed by atoms with Gasteiger partial charge in [-0.2, -0.15) is 0 Å². The molecule has 0 aromatic heterocycles. The molecule has 1 amide bonds. The van der Waals surface area contributed by atoms with Gasteiger partial charge in [-0.1, -0.05) is 41.4 Å². The summed E-state index contributed by atoms with van der Waals surface area (Å²) >= 11 is 16.7. The number of halogens is 2. The van der Waals surface area contributed by atoms with E-state index in [4.69, 9.17) is 35.4 Å². The van der Waals surface area contributed by atoms with Crippen molar-refractivity contribution in [2.24, 2.45) is 0 Å². The molecule has 2 rings (SSSR count). The van der Waals surface area contributed by atoms with Crippen LogP contribution in [0.4, 0.5) is 5.69 Å². The Morgan fingerprint density at radius 3 is 2.39 bits per heavy atom. The number of anilines is 1. The van der Waals surface area contributed by atoms with Crippen LogP contribution in [0.2, 0.25) is 10.0 Å². The van der Waals surface area contributed by atoms with E-state index in [1.54, 1.807) is 12.1 Å². The number of nitrogens with one attached hydrogen (secondary N) is 2. The van der Waals surface area contributed by atoms with Crippen molar-refractivity contribution in [2.75, 3.05) is 5.32 Å². The van der Waals surface area contributed by atoms with E-state index in [2.05, 4.69) is 10.6 Å². The average molecular weight is 368 g/mol. The average Bonchev–Trinajstić information content (AvgIpc) is 2.47. The van der Waals surface area contributed by atoms with Crippen LogP contribution in [0, 0.1) is 0 Å². The molecule has 0 saturated heterocycles. The minimum Gasteiger partial charge on any atom is -0.545 e. The van der Waals surface area contributed by atoms with Gasteiger partial charge in [-0.05, 0) is 36.5 Å². The standard InChI is InChI=1S/C15H10Cl2N2O3S/c16-8-5-6-9(11(17)7-8)13(20)19-15(23)18-12-4-2-1-3-10(12)14(21)22/h1-7H,(H,21,22)(H2,18,19,20,23)/p-1. The molecule has 0 fully saturated rings. The van der Waals surface area contributed by atoms with Gasteiger partial charge in [-0.25, -0.2) is 0 Å². The first-order valence-corrected chi connectivity index (χ1v) is 7.42. The van der Waals surface area contributed by atoms with Crippen LogP contribution in [-0.4, -0.2) is 17.0 Å². The molecule has 118 valence electrons. The van der Waals surface area contributed by atoms with E-state index >= 15 is 0 Å². The Balaban J connectivity index is 2.11. The molecule has 5 nitrogen and oxygen atoms in total. The van der Waals surface area contributed by atoms with Gasteiger partial charge in [0.15, 0.2) is 5.11 Å². The molecule has 2 aromatic carbocycles. The summed E-state index contributed by atoms with van der Waals surface area (Å²) in [5.41, 5.74) is 0.321. The molecule has 0 radical (unpaired) electrons. The number of hydrogen-bond acceptors (Lipinski definition) is 4. The smallest absolute Gasteiger partial charge is 0.258 e. The lowest BCUT2D eigenvalue weighted by Crippen LogP contribution is -2.35. The highest BCUT2D eigenvalue weighted by Crippen LogP contribution is 2.21. The molecule has 0 heterocycles. The van der Waals surface area contributed by atoms with Crippen LogP contribution in [0.1, 0.15) is 20.7 Å². The fraction of sp³-hybridized carbons (Fsp3) is 0. The molecule has 8 heteroatoms. The molecule has 0 aliphatic carbocycles. The maximum absolute atomic E-state index is 12.1. The summed E-state index contributed by atoms with van der Waals surface area (Å²) in [5.74, 6) is -1.90. The van der Waals surface area contributed by atoms with Crippen LogP contribution >= 0.6 is 35.4 Å². The van der Waals surface area contributed by atoms with Crippen molar-refractivity contribution in [2.45, 2.75) is 0 Å². The van der Waals surface area contributed by atoms with Crippen LogP contribution in [-0.2, 0) is 0 Å². The van der Waals surface area contributed by atoms with Gasteiger partial charge in [0.2, 0.25) is 0 Å². The molecule has 0 aliphatic rings. The zero-order valence-corrected chi connectivity index (χ0v) is 13.8. The normalized spacial score (nSPS) is 10.0. The van der Waals surface area contributed by atoms with E-state index in [1.807, 2.05) is 0 Å². The number of carbonyl (C=O) groups is 2. The number of hydrogen-bond donors (Lipinski definition) is 2. The van der Waals surface area contributed by atoms with Crippen molar-refractivity contribution in [3.63, 3.8) is 0 Å². The largest absolute Gasteiger partial charge is 0.545 e. The second-order valence-corrected chi connectivity index (χ2v) is 5.62. The minimum absolute atomic E-state index is 0.0743. The molecule has 0 bridgehead atoms. The first-order chi connectivity index (χ1) is 10.9. The van der Waals surface area contributed by atoms with E-state index in [-0.39, 0.29) is 26.9 Å². The van der Waals surface area contributed by atoms with Crippen LogP contribution in [0.25, 0.3) is 0 Å². The fourth-order valence-corrected chi connectivity index (χ4v) is 2.46. The lowest BCUT2D eigenvalue weighted by molar-refractivity contribution is -0.254. The molecule has 0 saturated carbocycles. The lowest BCUT2D eigenvalue weighted by atomic mass is 10.2. The molecule has 23 heavy (non-hydrogen) atoms. The number of benzene rings is 2. The number of carbonyl (C=O) groups excluding carboxylic acids is 2. The van der Waals surface area contributed by atoms with Crippen molar-refractivity contribution in [3.8, 4) is 0 Å². The van der Waals surface area contributed by atoms with Crippen LogP contribution in [0.15, 0.2) is 42.5 Å². The van der Waals surface area contributed by atoms with E-state index in [0.29, 0.717) is 5.02 Å². The Bertz CT molecular complexity index is 796. The third-order valence-electron chi connectivity index (χ3n) is 2.80. The van der Waals surface area contributed by atoms with Gasteiger partial charge in [0, 0.05) is 16.3 Å². The van der Waals surface area contributed by atoms with Crippen molar-refractivity contribution in [1.29, 1.82) is 0 Å². The number of carboxylic acid groups (broad SMARTS) is 1. The Hall–Kier alpha value is -2.15. The molecular weight excluding hydrogens is 359 g/mol. The summed E-state index contributed by atoms with van der Waals surface area (Å²) in [6.45, 7) is 0. The monoisotopic (exact) mass is 367 g/mol. The lowest BCUT2D eigenvalue weighted by Gasteiger charge is -2.14. The van der Waals surface area contributed by atoms with Gasteiger partial charge >= 0.3 is 0 Å². The number of carboxylic acids is 1. The van der Waals surface area contributed by atoms with Crippen LogP contribution in [0.5, 0.6) is 0 Å². The third-order valence-corrected chi connectivity index (χ3v) is 3.55. The number of thiocarbonyl (C=S) groups is 1. The molecule has 0 atom stereocenters. The van der Waals surface area contributed by atoms with Crippen LogP contribution < -0.4 is 15.7 Å². The molecule has 2 N–H and O–H groups in total. The molecule has 0 aliphatic heterocycles. The zero-order chi connectivity index (χ0) is 17.0. The van der Waals surface area contributed by atoms with Crippen molar-refractivity contribution in [3.05, 3.63) is 63.6 Å². The SMILES string of the molecule is O=C(NC(=S)Nc1ccccc1C(=O)[O-])c1ccc(Cl)cc1Cl. The maximum atomic E-state index is 12.1. The van der Waals surface area contributed by atoms with Gasteiger partial charge in [0.05, 0.1) is 16.6 Å². The first-order valence-electron chi connectivity index (χ1n) is 6.26. The van der Waals surface area contributed by atoms with E-state index < -0.39 is 11.9 Å². The quantitative estimate of drug-likeness (QED) is 0.814. The summed E-state index contributed by atoms with van der Waals surface area (Å²) in [5, 5.41) is 16.6. The predicted molar refractivity (Wildman–Crippen MR) is 90.9 cm³/mol. The summed E-state index contributed by atoms with van der Waals surface area (Å²) in [7, 11) is 0. The summed E-state index contributed by atoms with van der Waals surface area (Å²) in [6, 6.07) is 10.4. The third kappa shape index (κ3) is 4.41. The predicted octanol–water partition coefficient (Wildman–Crippen LogP) is 2.48. The van der Waals surface area contributed by atoms with Gasteiger partial charge < -0.3 is 15.2 Å². The van der Waals surface area contributed by atoms with Crippen molar-refractivity contribution >= 4 is 58.1 Å². The molecule has 2 aromatic rings. The summed E-state index contributed by atoms with van der Waals surface area (Å²) in [4.78, 5) is 23.1. The highest BCUT2D eigenvalue weighted by molar-refractivity contribution is 7.80. The fourth-order valence-electron chi connectivity index (χ4n) is 1.77. The maximum Gasteiger partial charge on any atom is 0.258 e. The molecular formula is C15H9Cl2N2O3S-. The van der Waals surface area contributed by atoms with Gasteiger partial charge in [-0.3, -0.25) is 10.1 Å². The Labute approximate surface area is 147 Å². The van der Waals surface area contributed by atoms with E-state index in [0.717, 1.165) is 0 Å². The van der Waals surface area contributed by atoms with E-state index in [1.165, 1.54) is 30.3 Å². The van der Waals surface area contributed by atoms with Gasteiger partial charge in [0.25, 0.3) is 5.91 Å². The van der Waals surface area contributed by atoms with Crippen LogP contribution in [0.3, 0.4) is 0 Å². The Morgan fingerprint density at radius 1 is 1.04 bits per heavy atom. The zero-order valence-electron chi connectivity index (χ0n) is 11.4. The highest BCUT2D eigenvalue weighted by Gasteiger charge is 2.13. The second kappa shape index (κ2) is 7.41. The van der Waals surface area contributed by atoms with Gasteiger partial charge in [-0.15, -0.1) is 0 Å². The topological polar surface area (TPSA) is 81.3 Å². The number of para-hydroxylation sites is 1. The summed E-state index contributed by atoms with van der Waals surface area (Å²) < 4.78 is 0. The van der Waals surface area contributed by atoms with Crippen molar-refractivity contribution < 1.29 is 14.7 Å². The first kappa shape index (κ1) is 17.2. The molecule has 0 unspecified atom stereocenters. The number of aromatic carboxylic acids is 1. The highest BCUT2D eigenvalue weighted by atomic mass is 35.5. The van der Waals surface area contributed by atoms with Crippen molar-refractivity contribution in [1.82, 2.24) is 5.32 Å². The number of rotatable bonds is 3. The Morgan fingerprint density at radius 2 is 1.74 bits per heavy atom. The summed E-state index contributed by atoms with van der Waals surface area (Å²) in [6.07, 6.45) is 0. The second-order valence-electron chi connectivity index (χ2n) is 4.37. The van der Waals surface area contributed by atoms with Gasteiger partial charge in [0.1, 0.15) is 0 Å². The number of amides is 1. The molecule has 0 spiro atoms. The Kier molecular flexibility index (Phi) is 5.54.